The van der Waals surface area contributed by atoms with E-state index >= 15 is 0 Å². The summed E-state index contributed by atoms with van der Waals surface area (Å²) < 4.78 is 1.96. The first-order chi connectivity index (χ1) is 9.22. The Kier molecular flexibility index (Phi) is 3.16. The molecule has 0 radical (unpaired) electrons. The van der Waals surface area contributed by atoms with Crippen LogP contribution in [0, 0.1) is 6.92 Å². The van der Waals surface area contributed by atoms with E-state index in [9.17, 15) is 0 Å². The zero-order chi connectivity index (χ0) is 13.2. The minimum absolute atomic E-state index is 0.802. The molecule has 1 aliphatic rings. The molecule has 2 aromatic rings. The molecule has 0 bridgehead atoms. The van der Waals surface area contributed by atoms with E-state index in [0.29, 0.717) is 0 Å². The monoisotopic (exact) mass is 262 g/mol. The molecule has 0 spiro atoms. The van der Waals surface area contributed by atoms with Gasteiger partial charge in [0.05, 0.1) is 6.54 Å². The molecule has 19 heavy (non-hydrogen) atoms. The van der Waals surface area contributed by atoms with E-state index in [1.807, 2.05) is 18.5 Å². The van der Waals surface area contributed by atoms with Gasteiger partial charge in [-0.05, 0) is 6.92 Å². The van der Waals surface area contributed by atoms with Crippen LogP contribution < -0.4 is 4.90 Å². The van der Waals surface area contributed by atoms with Crippen molar-refractivity contribution >= 4 is 5.95 Å². The van der Waals surface area contributed by atoms with Crippen LogP contribution in [0.1, 0.15) is 11.6 Å². The smallest absolute Gasteiger partial charge is 0.244 e. The third kappa shape index (κ3) is 2.58. The number of anilines is 1. The summed E-state index contributed by atoms with van der Waals surface area (Å²) in [7, 11) is 1.97. The highest BCUT2D eigenvalue weighted by atomic mass is 15.4. The van der Waals surface area contributed by atoms with Crippen molar-refractivity contribution in [2.75, 3.05) is 31.1 Å². The van der Waals surface area contributed by atoms with Gasteiger partial charge in [0, 0.05) is 33.2 Å². The Morgan fingerprint density at radius 2 is 2.05 bits per heavy atom. The van der Waals surface area contributed by atoms with Crippen LogP contribution in [0.5, 0.6) is 0 Å². The van der Waals surface area contributed by atoms with Gasteiger partial charge in [-0.1, -0.05) is 0 Å². The molecule has 0 aromatic carbocycles. The lowest BCUT2D eigenvalue weighted by molar-refractivity contribution is 0.240. The van der Waals surface area contributed by atoms with Crippen LogP contribution >= 0.6 is 0 Å². The molecular weight excluding hydrogens is 244 g/mol. The van der Waals surface area contributed by atoms with Crippen LogP contribution in [0.4, 0.5) is 5.95 Å². The van der Waals surface area contributed by atoms with Gasteiger partial charge in [-0.3, -0.25) is 10.00 Å². The van der Waals surface area contributed by atoms with E-state index < -0.39 is 0 Å². The normalized spacial score (nSPS) is 17.1. The zero-order valence-corrected chi connectivity index (χ0v) is 11.2. The number of piperazine rings is 1. The number of aryl methyl sites for hydroxylation is 2. The Bertz CT molecular complexity index is 536. The molecule has 3 heterocycles. The Morgan fingerprint density at radius 1 is 1.26 bits per heavy atom. The van der Waals surface area contributed by atoms with E-state index in [1.165, 1.54) is 0 Å². The molecule has 0 amide bonds. The molecule has 0 aliphatic carbocycles. The van der Waals surface area contributed by atoms with E-state index in [-0.39, 0.29) is 0 Å². The molecule has 0 saturated carbocycles. The predicted molar refractivity (Wildman–Crippen MR) is 69.6 cm³/mol. The SMILES string of the molecule is Cc1nc(N2CCN(Cc3nncn3C)CC2)n[nH]1. The quantitative estimate of drug-likeness (QED) is 0.808. The number of H-pyrrole nitrogens is 1. The first-order valence-electron chi connectivity index (χ1n) is 6.41. The number of nitrogens with one attached hydrogen (secondary N) is 1. The first kappa shape index (κ1) is 12.1. The minimum Gasteiger partial charge on any atom is -0.337 e. The summed E-state index contributed by atoms with van der Waals surface area (Å²) in [5.74, 6) is 2.66. The van der Waals surface area contributed by atoms with Gasteiger partial charge >= 0.3 is 0 Å². The second kappa shape index (κ2) is 4.96. The summed E-state index contributed by atoms with van der Waals surface area (Å²) in [4.78, 5) is 8.94. The van der Waals surface area contributed by atoms with Gasteiger partial charge in [-0.2, -0.15) is 4.98 Å². The van der Waals surface area contributed by atoms with Gasteiger partial charge in [0.15, 0.2) is 0 Å². The van der Waals surface area contributed by atoms with Crippen LogP contribution in [-0.2, 0) is 13.6 Å². The molecule has 8 heteroatoms. The summed E-state index contributed by atoms with van der Waals surface area (Å²) in [5.41, 5.74) is 0. The van der Waals surface area contributed by atoms with Crippen molar-refractivity contribution in [3.8, 4) is 0 Å². The Balaban J connectivity index is 1.56. The number of aromatic amines is 1. The van der Waals surface area contributed by atoms with Crippen molar-refractivity contribution in [3.63, 3.8) is 0 Å². The van der Waals surface area contributed by atoms with Crippen LogP contribution in [0.15, 0.2) is 6.33 Å². The number of hydrogen-bond acceptors (Lipinski definition) is 6. The third-order valence-corrected chi connectivity index (χ3v) is 3.41. The summed E-state index contributed by atoms with van der Waals surface area (Å²) in [5, 5.41) is 15.1. The Hall–Kier alpha value is -1.96. The van der Waals surface area contributed by atoms with Crippen molar-refractivity contribution in [3.05, 3.63) is 18.0 Å². The molecule has 102 valence electrons. The van der Waals surface area contributed by atoms with Gasteiger partial charge in [0.25, 0.3) is 0 Å². The fourth-order valence-corrected chi connectivity index (χ4v) is 2.23. The molecule has 0 unspecified atom stereocenters. The topological polar surface area (TPSA) is 78.8 Å². The highest BCUT2D eigenvalue weighted by molar-refractivity contribution is 5.29. The van der Waals surface area contributed by atoms with Gasteiger partial charge in [-0.25, -0.2) is 0 Å². The predicted octanol–water partition coefficient (Wildman–Crippen LogP) is -0.436. The number of nitrogens with zero attached hydrogens (tertiary/aromatic N) is 7. The summed E-state index contributed by atoms with van der Waals surface area (Å²) >= 11 is 0. The second-order valence-corrected chi connectivity index (χ2v) is 4.84. The van der Waals surface area contributed by atoms with E-state index in [1.54, 1.807) is 6.33 Å². The first-order valence-corrected chi connectivity index (χ1v) is 6.41. The summed E-state index contributed by atoms with van der Waals surface area (Å²) in [6.45, 7) is 6.61. The van der Waals surface area contributed by atoms with E-state index in [0.717, 1.165) is 50.3 Å². The van der Waals surface area contributed by atoms with Crippen molar-refractivity contribution in [1.82, 2.24) is 34.8 Å². The van der Waals surface area contributed by atoms with Crippen molar-refractivity contribution in [2.24, 2.45) is 7.05 Å². The average molecular weight is 262 g/mol. The highest BCUT2D eigenvalue weighted by Gasteiger charge is 2.20. The Morgan fingerprint density at radius 3 is 2.63 bits per heavy atom. The molecule has 8 nitrogen and oxygen atoms in total. The Labute approximate surface area is 111 Å². The lowest BCUT2D eigenvalue weighted by atomic mass is 10.3. The standard InChI is InChI=1S/C11H18N8/c1-9-13-11(16-14-9)19-5-3-18(4-6-19)7-10-15-12-8-17(10)2/h8H,3-7H2,1-2H3,(H,13,14,16). The van der Waals surface area contributed by atoms with Gasteiger partial charge in [-0.15, -0.1) is 15.3 Å². The summed E-state index contributed by atoms with van der Waals surface area (Å²) in [6.07, 6.45) is 1.74. The fraction of sp³-hybridized carbons (Fsp3) is 0.636. The van der Waals surface area contributed by atoms with Gasteiger partial charge < -0.3 is 9.47 Å². The van der Waals surface area contributed by atoms with Crippen LogP contribution in [-0.4, -0.2) is 61.0 Å². The van der Waals surface area contributed by atoms with Crippen molar-refractivity contribution < 1.29 is 0 Å². The molecule has 0 atom stereocenters. The van der Waals surface area contributed by atoms with E-state index in [2.05, 4.69) is 35.2 Å². The number of aromatic nitrogens is 6. The molecule has 1 aliphatic heterocycles. The molecule has 1 fully saturated rings. The van der Waals surface area contributed by atoms with E-state index in [4.69, 9.17) is 0 Å². The lowest BCUT2D eigenvalue weighted by Gasteiger charge is -2.33. The maximum absolute atomic E-state index is 4.36. The average Bonchev–Trinajstić information content (AvgIpc) is 3.00. The van der Waals surface area contributed by atoms with Gasteiger partial charge in [0.1, 0.15) is 18.0 Å². The number of hydrogen-bond donors (Lipinski definition) is 1. The molecule has 1 N–H and O–H groups in total. The van der Waals surface area contributed by atoms with Crippen LogP contribution in [0.25, 0.3) is 0 Å². The zero-order valence-electron chi connectivity index (χ0n) is 11.2. The number of rotatable bonds is 3. The molecule has 1 saturated heterocycles. The maximum atomic E-state index is 4.36. The largest absolute Gasteiger partial charge is 0.337 e. The van der Waals surface area contributed by atoms with Crippen molar-refractivity contribution in [2.45, 2.75) is 13.5 Å². The molecular formula is C11H18N8. The van der Waals surface area contributed by atoms with Crippen LogP contribution in [0.2, 0.25) is 0 Å². The maximum Gasteiger partial charge on any atom is 0.244 e. The molecule has 3 rings (SSSR count). The van der Waals surface area contributed by atoms with Gasteiger partial charge in [0.2, 0.25) is 5.95 Å². The third-order valence-electron chi connectivity index (χ3n) is 3.41. The fourth-order valence-electron chi connectivity index (χ4n) is 2.23. The second-order valence-electron chi connectivity index (χ2n) is 4.84. The minimum atomic E-state index is 0.802. The van der Waals surface area contributed by atoms with Crippen LogP contribution in [0.3, 0.4) is 0 Å². The molecule has 2 aromatic heterocycles. The van der Waals surface area contributed by atoms with Crippen molar-refractivity contribution in [1.29, 1.82) is 0 Å². The summed E-state index contributed by atoms with van der Waals surface area (Å²) in [6, 6.07) is 0. The highest BCUT2D eigenvalue weighted by Crippen LogP contribution is 2.11. The lowest BCUT2D eigenvalue weighted by Crippen LogP contribution is -2.46.